The number of nitrogens with zero attached hydrogens (tertiary/aromatic N) is 6. The molecule has 2 saturated heterocycles. The highest BCUT2D eigenvalue weighted by Crippen LogP contribution is 2.29. The molecule has 1 amide bonds. The fourth-order valence-corrected chi connectivity index (χ4v) is 4.48. The molecule has 2 fully saturated rings. The van der Waals surface area contributed by atoms with Gasteiger partial charge in [0, 0.05) is 80.4 Å². The van der Waals surface area contributed by atoms with Gasteiger partial charge in [0.25, 0.3) is 0 Å². The van der Waals surface area contributed by atoms with Gasteiger partial charge in [0.05, 0.1) is 18.9 Å². The molecule has 2 aliphatic heterocycles. The van der Waals surface area contributed by atoms with E-state index in [9.17, 15) is 4.79 Å². The van der Waals surface area contributed by atoms with Gasteiger partial charge in [-0.1, -0.05) is 6.58 Å². The molecule has 0 saturated carbocycles. The summed E-state index contributed by atoms with van der Waals surface area (Å²) in [6.45, 7) is 12.1. The maximum Gasteiger partial charge on any atom is 0.247 e. The number of piperazine rings is 1. The standard InChI is InChI=1S/C27H31N7O2/c1-3-27(35)30-22-4-6-23(7-5-22)32-8-10-33(11-9-32)24-16-25(21-18-28-20(2)29-19-21)31-26(17-24)34-12-14-36-15-13-34/h3-7,16-19H,1,8-15H2,2H3,(H,30,35). The molecule has 0 unspecified atom stereocenters. The van der Waals surface area contributed by atoms with Gasteiger partial charge < -0.3 is 24.8 Å². The molecule has 2 aromatic heterocycles. The molecule has 1 aromatic carbocycles. The average Bonchev–Trinajstić information content (AvgIpc) is 2.94. The van der Waals surface area contributed by atoms with Crippen molar-refractivity contribution in [2.24, 2.45) is 0 Å². The van der Waals surface area contributed by atoms with Gasteiger partial charge in [-0.3, -0.25) is 4.79 Å². The highest BCUT2D eigenvalue weighted by molar-refractivity contribution is 5.98. The lowest BCUT2D eigenvalue weighted by molar-refractivity contribution is -0.111. The zero-order chi connectivity index (χ0) is 24.9. The fourth-order valence-electron chi connectivity index (χ4n) is 4.48. The van der Waals surface area contributed by atoms with Crippen LogP contribution in [0.25, 0.3) is 11.3 Å². The third-order valence-corrected chi connectivity index (χ3v) is 6.54. The Morgan fingerprint density at radius 1 is 0.917 bits per heavy atom. The normalized spacial score (nSPS) is 16.1. The fraction of sp³-hybridized carbons (Fsp3) is 0.333. The number of benzene rings is 1. The lowest BCUT2D eigenvalue weighted by Gasteiger charge is -2.38. The van der Waals surface area contributed by atoms with Crippen LogP contribution in [-0.4, -0.2) is 73.3 Å². The van der Waals surface area contributed by atoms with Gasteiger partial charge in [0.15, 0.2) is 0 Å². The number of amides is 1. The van der Waals surface area contributed by atoms with E-state index in [1.165, 1.54) is 6.08 Å². The number of nitrogens with one attached hydrogen (secondary N) is 1. The molecule has 0 bridgehead atoms. The molecule has 2 aliphatic rings. The highest BCUT2D eigenvalue weighted by Gasteiger charge is 2.21. The lowest BCUT2D eigenvalue weighted by atomic mass is 10.1. The summed E-state index contributed by atoms with van der Waals surface area (Å²) in [4.78, 5) is 32.3. The minimum absolute atomic E-state index is 0.207. The first-order chi connectivity index (χ1) is 17.6. The van der Waals surface area contributed by atoms with E-state index in [4.69, 9.17) is 9.72 Å². The maximum atomic E-state index is 11.5. The van der Waals surface area contributed by atoms with Crippen LogP contribution in [0.15, 0.2) is 61.4 Å². The van der Waals surface area contributed by atoms with Crippen molar-refractivity contribution in [3.05, 3.63) is 67.3 Å². The maximum absolute atomic E-state index is 11.5. The van der Waals surface area contributed by atoms with Crippen LogP contribution < -0.4 is 20.0 Å². The number of ether oxygens (including phenoxy) is 1. The Balaban J connectivity index is 1.33. The van der Waals surface area contributed by atoms with Crippen molar-refractivity contribution < 1.29 is 9.53 Å². The topological polar surface area (TPSA) is 86.7 Å². The van der Waals surface area contributed by atoms with Crippen LogP contribution in [0.5, 0.6) is 0 Å². The van der Waals surface area contributed by atoms with E-state index >= 15 is 0 Å². The van der Waals surface area contributed by atoms with Crippen LogP contribution in [0.1, 0.15) is 5.82 Å². The number of morpholine rings is 1. The molecule has 0 radical (unpaired) electrons. The second kappa shape index (κ2) is 10.7. The first-order valence-corrected chi connectivity index (χ1v) is 12.3. The molecular weight excluding hydrogens is 454 g/mol. The second-order valence-corrected chi connectivity index (χ2v) is 8.90. The first kappa shape index (κ1) is 23.7. The summed E-state index contributed by atoms with van der Waals surface area (Å²) in [6, 6.07) is 12.3. The number of aromatic nitrogens is 3. The molecule has 9 nitrogen and oxygen atoms in total. The number of carbonyl (C=O) groups excluding carboxylic acids is 1. The zero-order valence-electron chi connectivity index (χ0n) is 20.6. The van der Waals surface area contributed by atoms with Gasteiger partial charge in [-0.05, 0) is 43.3 Å². The summed E-state index contributed by atoms with van der Waals surface area (Å²) in [6.07, 6.45) is 4.96. The Bertz CT molecular complexity index is 1200. The summed E-state index contributed by atoms with van der Waals surface area (Å²) in [5, 5.41) is 2.79. The molecular formula is C27H31N7O2. The molecule has 0 spiro atoms. The van der Waals surface area contributed by atoms with Gasteiger partial charge in [0.2, 0.25) is 5.91 Å². The molecule has 0 aliphatic carbocycles. The number of pyridine rings is 1. The van der Waals surface area contributed by atoms with E-state index in [0.717, 1.165) is 79.2 Å². The largest absolute Gasteiger partial charge is 0.378 e. The smallest absolute Gasteiger partial charge is 0.247 e. The summed E-state index contributed by atoms with van der Waals surface area (Å²) in [5.41, 5.74) is 4.87. The molecule has 186 valence electrons. The van der Waals surface area contributed by atoms with Gasteiger partial charge in [-0.2, -0.15) is 0 Å². The van der Waals surface area contributed by atoms with Crippen molar-refractivity contribution in [3.63, 3.8) is 0 Å². The Kier molecular flexibility index (Phi) is 7.08. The summed E-state index contributed by atoms with van der Waals surface area (Å²) < 4.78 is 5.55. The molecule has 36 heavy (non-hydrogen) atoms. The van der Waals surface area contributed by atoms with Crippen LogP contribution >= 0.6 is 0 Å². The molecule has 5 rings (SSSR count). The SMILES string of the molecule is C=CC(=O)Nc1ccc(N2CCN(c3cc(-c4cnc(C)nc4)nc(N4CCOCC4)c3)CC2)cc1. The minimum atomic E-state index is -0.207. The summed E-state index contributed by atoms with van der Waals surface area (Å²) in [5.74, 6) is 1.50. The number of aryl methyl sites for hydroxylation is 1. The van der Waals surface area contributed by atoms with Gasteiger partial charge in [0.1, 0.15) is 11.6 Å². The van der Waals surface area contributed by atoms with Crippen molar-refractivity contribution in [2.75, 3.05) is 72.5 Å². The Labute approximate surface area is 211 Å². The molecule has 1 N–H and O–H groups in total. The van der Waals surface area contributed by atoms with Gasteiger partial charge >= 0.3 is 0 Å². The molecule has 0 atom stereocenters. The van der Waals surface area contributed by atoms with Crippen molar-refractivity contribution in [3.8, 4) is 11.3 Å². The predicted molar refractivity (Wildman–Crippen MR) is 143 cm³/mol. The van der Waals surface area contributed by atoms with E-state index in [2.05, 4.69) is 48.7 Å². The molecule has 4 heterocycles. The van der Waals surface area contributed by atoms with Crippen LogP contribution in [0.2, 0.25) is 0 Å². The van der Waals surface area contributed by atoms with Crippen LogP contribution in [0.3, 0.4) is 0 Å². The number of hydrogen-bond donors (Lipinski definition) is 1. The monoisotopic (exact) mass is 485 g/mol. The van der Waals surface area contributed by atoms with E-state index < -0.39 is 0 Å². The average molecular weight is 486 g/mol. The summed E-state index contributed by atoms with van der Waals surface area (Å²) in [7, 11) is 0. The lowest BCUT2D eigenvalue weighted by Crippen LogP contribution is -2.46. The van der Waals surface area contributed by atoms with Crippen molar-refractivity contribution in [1.29, 1.82) is 0 Å². The van der Waals surface area contributed by atoms with E-state index in [-0.39, 0.29) is 5.91 Å². The van der Waals surface area contributed by atoms with Gasteiger partial charge in [-0.15, -0.1) is 0 Å². The van der Waals surface area contributed by atoms with Crippen molar-refractivity contribution >= 4 is 28.8 Å². The third-order valence-electron chi connectivity index (χ3n) is 6.54. The minimum Gasteiger partial charge on any atom is -0.378 e. The zero-order valence-corrected chi connectivity index (χ0v) is 20.6. The second-order valence-electron chi connectivity index (χ2n) is 8.90. The Morgan fingerprint density at radius 2 is 1.56 bits per heavy atom. The molecule has 9 heteroatoms. The van der Waals surface area contributed by atoms with Crippen LogP contribution in [-0.2, 0) is 9.53 Å². The third kappa shape index (κ3) is 5.46. The van der Waals surface area contributed by atoms with Crippen molar-refractivity contribution in [1.82, 2.24) is 15.0 Å². The van der Waals surface area contributed by atoms with E-state index in [1.54, 1.807) is 0 Å². The number of hydrogen-bond acceptors (Lipinski definition) is 8. The number of rotatable bonds is 6. The Hall–Kier alpha value is -3.98. The van der Waals surface area contributed by atoms with Crippen LogP contribution in [0, 0.1) is 6.92 Å². The predicted octanol–water partition coefficient (Wildman–Crippen LogP) is 3.13. The highest BCUT2D eigenvalue weighted by atomic mass is 16.5. The number of anilines is 4. The molecule has 3 aromatic rings. The van der Waals surface area contributed by atoms with Crippen molar-refractivity contribution in [2.45, 2.75) is 6.92 Å². The quantitative estimate of drug-likeness (QED) is 0.533. The van der Waals surface area contributed by atoms with Crippen LogP contribution in [0.4, 0.5) is 22.9 Å². The first-order valence-electron chi connectivity index (χ1n) is 12.3. The number of carbonyl (C=O) groups is 1. The van der Waals surface area contributed by atoms with E-state index in [0.29, 0.717) is 13.2 Å². The van der Waals surface area contributed by atoms with E-state index in [1.807, 2.05) is 43.6 Å². The van der Waals surface area contributed by atoms with Gasteiger partial charge in [-0.25, -0.2) is 15.0 Å². The summed E-state index contributed by atoms with van der Waals surface area (Å²) >= 11 is 0. The Morgan fingerprint density at radius 3 is 2.19 bits per heavy atom.